The summed E-state index contributed by atoms with van der Waals surface area (Å²) in [6, 6.07) is 8.16. The van der Waals surface area contributed by atoms with Gasteiger partial charge in [-0.2, -0.15) is 0 Å². The fraction of sp³-hybridized carbons (Fsp3) is 0.571. The molecule has 3 heteroatoms. The van der Waals surface area contributed by atoms with E-state index in [1.165, 1.54) is 5.56 Å². The molecule has 1 aromatic rings. The molecule has 1 aliphatic rings. The monoisotopic (exact) mass is 234 g/mol. The van der Waals surface area contributed by atoms with Gasteiger partial charge in [0.25, 0.3) is 0 Å². The first kappa shape index (κ1) is 12.6. The van der Waals surface area contributed by atoms with Gasteiger partial charge >= 0.3 is 0 Å². The Balaban J connectivity index is 2.04. The third kappa shape index (κ3) is 3.28. The van der Waals surface area contributed by atoms with Crippen molar-refractivity contribution in [3.8, 4) is 0 Å². The molecule has 0 aromatic heterocycles. The summed E-state index contributed by atoms with van der Waals surface area (Å²) in [5.74, 6) is 0. The van der Waals surface area contributed by atoms with Crippen LogP contribution in [0.5, 0.6) is 0 Å². The summed E-state index contributed by atoms with van der Waals surface area (Å²) in [6.45, 7) is 8.74. The summed E-state index contributed by atoms with van der Waals surface area (Å²) < 4.78 is 0. The van der Waals surface area contributed by atoms with Gasteiger partial charge < -0.3 is 10.4 Å². The molecule has 0 radical (unpaired) electrons. The zero-order valence-corrected chi connectivity index (χ0v) is 10.7. The SMILES string of the molecule is Cc1ccc(C(C)(O)CN2CCNCC2)cc1. The fourth-order valence-corrected chi connectivity index (χ4v) is 2.31. The normalized spacial score (nSPS) is 21.1. The van der Waals surface area contributed by atoms with Gasteiger partial charge in [-0.3, -0.25) is 4.90 Å². The molecule has 94 valence electrons. The minimum atomic E-state index is -0.759. The van der Waals surface area contributed by atoms with E-state index in [0.717, 1.165) is 31.7 Å². The van der Waals surface area contributed by atoms with Crippen molar-refractivity contribution in [1.29, 1.82) is 0 Å². The average molecular weight is 234 g/mol. The second-order valence-corrected chi connectivity index (χ2v) is 5.17. The number of nitrogens with one attached hydrogen (secondary N) is 1. The van der Waals surface area contributed by atoms with Crippen LogP contribution in [0.2, 0.25) is 0 Å². The predicted molar refractivity (Wildman–Crippen MR) is 70.1 cm³/mol. The molecular weight excluding hydrogens is 212 g/mol. The number of nitrogens with zero attached hydrogens (tertiary/aromatic N) is 1. The number of hydrogen-bond donors (Lipinski definition) is 2. The lowest BCUT2D eigenvalue weighted by Crippen LogP contribution is -2.48. The highest BCUT2D eigenvalue weighted by Crippen LogP contribution is 2.22. The highest BCUT2D eigenvalue weighted by atomic mass is 16.3. The molecule has 1 aliphatic heterocycles. The van der Waals surface area contributed by atoms with Gasteiger partial charge in [-0.05, 0) is 19.4 Å². The maximum Gasteiger partial charge on any atom is 0.0994 e. The summed E-state index contributed by atoms with van der Waals surface area (Å²) in [5.41, 5.74) is 1.47. The molecule has 1 fully saturated rings. The minimum Gasteiger partial charge on any atom is -0.384 e. The average Bonchev–Trinajstić information content (AvgIpc) is 2.30. The molecule has 1 saturated heterocycles. The van der Waals surface area contributed by atoms with Crippen molar-refractivity contribution in [2.45, 2.75) is 19.4 Å². The molecule has 0 aliphatic carbocycles. The van der Waals surface area contributed by atoms with Crippen LogP contribution in [0, 0.1) is 6.92 Å². The van der Waals surface area contributed by atoms with E-state index in [-0.39, 0.29) is 0 Å². The molecule has 2 rings (SSSR count). The van der Waals surface area contributed by atoms with Gasteiger partial charge in [0.2, 0.25) is 0 Å². The molecular formula is C14H22N2O. The van der Waals surface area contributed by atoms with E-state index in [1.807, 2.05) is 19.1 Å². The van der Waals surface area contributed by atoms with Crippen LogP contribution in [0.15, 0.2) is 24.3 Å². The van der Waals surface area contributed by atoms with Crippen LogP contribution < -0.4 is 5.32 Å². The van der Waals surface area contributed by atoms with Crippen LogP contribution in [-0.4, -0.2) is 42.7 Å². The number of piperazine rings is 1. The van der Waals surface area contributed by atoms with Gasteiger partial charge in [-0.15, -0.1) is 0 Å². The first-order valence-corrected chi connectivity index (χ1v) is 6.30. The predicted octanol–water partition coefficient (Wildman–Crippen LogP) is 1.11. The van der Waals surface area contributed by atoms with Gasteiger partial charge in [0.15, 0.2) is 0 Å². The van der Waals surface area contributed by atoms with Crippen LogP contribution in [-0.2, 0) is 5.60 Å². The van der Waals surface area contributed by atoms with Crippen molar-refractivity contribution in [3.05, 3.63) is 35.4 Å². The summed E-state index contributed by atoms with van der Waals surface area (Å²) in [7, 11) is 0. The van der Waals surface area contributed by atoms with Crippen molar-refractivity contribution in [2.24, 2.45) is 0 Å². The third-order valence-electron chi connectivity index (χ3n) is 3.41. The summed E-state index contributed by atoms with van der Waals surface area (Å²) >= 11 is 0. The van der Waals surface area contributed by atoms with Gasteiger partial charge in [0.05, 0.1) is 5.60 Å². The van der Waals surface area contributed by atoms with Crippen molar-refractivity contribution in [1.82, 2.24) is 10.2 Å². The fourth-order valence-electron chi connectivity index (χ4n) is 2.31. The zero-order valence-electron chi connectivity index (χ0n) is 10.7. The zero-order chi connectivity index (χ0) is 12.3. The van der Waals surface area contributed by atoms with Gasteiger partial charge in [0, 0.05) is 32.7 Å². The summed E-state index contributed by atoms with van der Waals surface area (Å²) in [6.07, 6.45) is 0. The number of benzene rings is 1. The minimum absolute atomic E-state index is 0.706. The van der Waals surface area contributed by atoms with E-state index >= 15 is 0 Å². The molecule has 1 atom stereocenters. The molecule has 0 spiro atoms. The van der Waals surface area contributed by atoms with E-state index in [1.54, 1.807) is 0 Å². The molecule has 0 saturated carbocycles. The Morgan fingerprint density at radius 3 is 2.41 bits per heavy atom. The first-order valence-electron chi connectivity index (χ1n) is 6.30. The maximum atomic E-state index is 10.6. The van der Waals surface area contributed by atoms with Crippen molar-refractivity contribution in [3.63, 3.8) is 0 Å². The summed E-state index contributed by atoms with van der Waals surface area (Å²) in [5, 5.41) is 13.9. The smallest absolute Gasteiger partial charge is 0.0994 e. The Kier molecular flexibility index (Phi) is 3.82. The topological polar surface area (TPSA) is 35.5 Å². The Bertz CT molecular complexity index is 353. The molecule has 0 bridgehead atoms. The Morgan fingerprint density at radius 1 is 1.24 bits per heavy atom. The molecule has 1 heterocycles. The van der Waals surface area contributed by atoms with E-state index in [4.69, 9.17) is 0 Å². The van der Waals surface area contributed by atoms with Crippen molar-refractivity contribution in [2.75, 3.05) is 32.7 Å². The quantitative estimate of drug-likeness (QED) is 0.822. The highest BCUT2D eigenvalue weighted by molar-refractivity contribution is 5.26. The van der Waals surface area contributed by atoms with Crippen molar-refractivity contribution >= 4 is 0 Å². The lowest BCUT2D eigenvalue weighted by atomic mass is 9.94. The Labute approximate surface area is 103 Å². The van der Waals surface area contributed by atoms with E-state index < -0.39 is 5.60 Å². The molecule has 3 nitrogen and oxygen atoms in total. The van der Waals surface area contributed by atoms with Crippen LogP contribution in [0.3, 0.4) is 0 Å². The first-order chi connectivity index (χ1) is 8.08. The van der Waals surface area contributed by atoms with E-state index in [2.05, 4.69) is 29.3 Å². The van der Waals surface area contributed by atoms with Gasteiger partial charge in [-0.1, -0.05) is 29.8 Å². The largest absolute Gasteiger partial charge is 0.384 e. The van der Waals surface area contributed by atoms with Gasteiger partial charge in [0.1, 0.15) is 0 Å². The number of aryl methyl sites for hydroxylation is 1. The number of hydrogen-bond acceptors (Lipinski definition) is 3. The van der Waals surface area contributed by atoms with Crippen molar-refractivity contribution < 1.29 is 5.11 Å². The highest BCUT2D eigenvalue weighted by Gasteiger charge is 2.26. The van der Waals surface area contributed by atoms with E-state index in [9.17, 15) is 5.11 Å². The number of rotatable bonds is 3. The molecule has 17 heavy (non-hydrogen) atoms. The molecule has 1 unspecified atom stereocenters. The maximum absolute atomic E-state index is 10.6. The van der Waals surface area contributed by atoms with Gasteiger partial charge in [-0.25, -0.2) is 0 Å². The Morgan fingerprint density at radius 2 is 1.82 bits per heavy atom. The number of β-amino-alcohol motifs (C(OH)–C–C–N with tert-alkyl or cyclic N) is 1. The van der Waals surface area contributed by atoms with E-state index in [0.29, 0.717) is 6.54 Å². The van der Waals surface area contributed by atoms with Crippen LogP contribution >= 0.6 is 0 Å². The van der Waals surface area contributed by atoms with Crippen LogP contribution in [0.1, 0.15) is 18.1 Å². The lowest BCUT2D eigenvalue weighted by molar-refractivity contribution is 0.0126. The standard InChI is InChI=1S/C14H22N2O/c1-12-3-5-13(6-4-12)14(2,17)11-16-9-7-15-8-10-16/h3-6,15,17H,7-11H2,1-2H3. The van der Waals surface area contributed by atoms with Crippen LogP contribution in [0.4, 0.5) is 0 Å². The molecule has 2 N–H and O–H groups in total. The third-order valence-corrected chi connectivity index (χ3v) is 3.41. The molecule has 1 aromatic carbocycles. The lowest BCUT2D eigenvalue weighted by Gasteiger charge is -2.34. The van der Waals surface area contributed by atoms with Crippen LogP contribution in [0.25, 0.3) is 0 Å². The number of aliphatic hydroxyl groups is 1. The summed E-state index contributed by atoms with van der Waals surface area (Å²) in [4.78, 5) is 2.32. The molecule has 0 amide bonds. The second kappa shape index (κ2) is 5.17. The second-order valence-electron chi connectivity index (χ2n) is 5.17. The Hall–Kier alpha value is -0.900.